The zero-order valence-corrected chi connectivity index (χ0v) is 14.6. The van der Waals surface area contributed by atoms with Gasteiger partial charge in [0.05, 0.1) is 0 Å². The van der Waals surface area contributed by atoms with E-state index in [0.29, 0.717) is 0 Å². The van der Waals surface area contributed by atoms with Crippen molar-refractivity contribution >= 4 is 54.1 Å². The second-order valence-electron chi connectivity index (χ2n) is 4.36. The Bertz CT molecular complexity index is 527. The Morgan fingerprint density at radius 3 is 1.65 bits per heavy atom. The van der Waals surface area contributed by atoms with Gasteiger partial charge in [-0.2, -0.15) is 0 Å². The topological polar surface area (TPSA) is 28.0 Å². The van der Waals surface area contributed by atoms with Gasteiger partial charge in [-0.15, -0.1) is 0 Å². The predicted octanol–water partition coefficient (Wildman–Crippen LogP) is 4.34. The van der Waals surface area contributed by atoms with Crippen LogP contribution in [0.1, 0.15) is 0 Å². The van der Waals surface area contributed by atoms with Gasteiger partial charge in [-0.1, -0.05) is 0 Å². The predicted molar refractivity (Wildman–Crippen MR) is 88.5 cm³/mol. The number of hydrogen-bond acceptors (Lipinski definition) is 3. The Hall–Kier alpha value is -1.02. The van der Waals surface area contributed by atoms with E-state index in [1.165, 1.54) is 0 Å². The third-order valence-corrected chi connectivity index (χ3v) is 6.16. The first-order valence-electron chi connectivity index (χ1n) is 5.97. The van der Waals surface area contributed by atoms with E-state index in [4.69, 9.17) is 19.9 Å². The molecule has 0 aliphatic heterocycles. The van der Waals surface area contributed by atoms with Crippen molar-refractivity contribution in [3.8, 4) is 0 Å². The fourth-order valence-electron chi connectivity index (χ4n) is 1.56. The molecule has 0 spiro atoms. The molecule has 2 aromatic rings. The van der Waals surface area contributed by atoms with Gasteiger partial charge < -0.3 is 0 Å². The first-order valence-corrected chi connectivity index (χ1v) is 11.8. The van der Waals surface area contributed by atoms with Crippen molar-refractivity contribution in [3.05, 3.63) is 48.5 Å². The normalized spacial score (nSPS) is 11.2. The molecule has 0 saturated heterocycles. The summed E-state index contributed by atoms with van der Waals surface area (Å²) < 4.78 is 0.995. The molecule has 2 aromatic carbocycles. The zero-order chi connectivity index (χ0) is 14.5. The summed E-state index contributed by atoms with van der Waals surface area (Å²) in [6, 6.07) is 15.5. The molecule has 0 saturated carbocycles. The molecule has 2 rings (SSSR count). The summed E-state index contributed by atoms with van der Waals surface area (Å²) in [5.74, 6) is 0. The van der Waals surface area contributed by atoms with Crippen molar-refractivity contribution < 1.29 is 0 Å². The Kier molecular flexibility index (Phi) is 5.47. The number of hydrogen-bond donors (Lipinski definition) is 0. The fraction of sp³-hybridized carbons (Fsp3) is 0.143. The second-order valence-corrected chi connectivity index (χ2v) is 10.8. The number of nitrogens with zero attached hydrogens (tertiary/aromatic N) is 3. The standard InChI is InChI=1S/C14H14AsCl2N3/c1-20(2)14-9-7-13(8-10-14)19-18-12-5-3-11(4-6-12)15(16)17/h3-10H,1-2H3. The third-order valence-electron chi connectivity index (χ3n) is 2.69. The molecule has 0 aliphatic carbocycles. The summed E-state index contributed by atoms with van der Waals surface area (Å²) in [7, 11) is 15.8. The first-order chi connectivity index (χ1) is 9.56. The molecule has 6 heteroatoms. The van der Waals surface area contributed by atoms with Crippen LogP contribution in [-0.4, -0.2) is 26.9 Å². The van der Waals surface area contributed by atoms with E-state index in [1.54, 1.807) is 0 Å². The van der Waals surface area contributed by atoms with Crippen molar-refractivity contribution in [1.29, 1.82) is 0 Å². The Labute approximate surface area is 131 Å². The molecule has 0 N–H and O–H groups in total. The van der Waals surface area contributed by atoms with Crippen LogP contribution in [0.2, 0.25) is 0 Å². The molecule has 0 aromatic heterocycles. The van der Waals surface area contributed by atoms with Crippen molar-refractivity contribution in [3.63, 3.8) is 0 Å². The number of rotatable bonds is 4. The van der Waals surface area contributed by atoms with Crippen molar-refractivity contribution in [2.75, 3.05) is 19.0 Å². The molecule has 0 amide bonds. The Morgan fingerprint density at radius 2 is 1.25 bits per heavy atom. The van der Waals surface area contributed by atoms with Crippen LogP contribution in [0.3, 0.4) is 0 Å². The van der Waals surface area contributed by atoms with Crippen LogP contribution < -0.4 is 9.25 Å². The molecule has 0 unspecified atom stereocenters. The molecule has 0 atom stereocenters. The Morgan fingerprint density at radius 1 is 0.800 bits per heavy atom. The van der Waals surface area contributed by atoms with Gasteiger partial charge in [0.2, 0.25) is 0 Å². The summed E-state index contributed by atoms with van der Waals surface area (Å²) in [5.41, 5.74) is 2.74. The molecule has 0 bridgehead atoms. The Balaban J connectivity index is 2.08. The first kappa shape index (κ1) is 15.4. The SMILES string of the molecule is CN(C)c1ccc(N=Nc2ccc([As](Cl)Cl)cc2)cc1. The molecular weight excluding hydrogens is 356 g/mol. The molecule has 0 aliphatic rings. The summed E-state index contributed by atoms with van der Waals surface area (Å²) in [6.07, 6.45) is 0. The third kappa shape index (κ3) is 4.24. The molecular formula is C14H14AsCl2N3. The van der Waals surface area contributed by atoms with Gasteiger partial charge in [-0.3, -0.25) is 0 Å². The van der Waals surface area contributed by atoms with Crippen LogP contribution in [0.15, 0.2) is 58.8 Å². The zero-order valence-electron chi connectivity index (χ0n) is 11.2. The molecule has 0 radical (unpaired) electrons. The number of benzene rings is 2. The van der Waals surface area contributed by atoms with Gasteiger partial charge in [0, 0.05) is 0 Å². The van der Waals surface area contributed by atoms with E-state index in [-0.39, 0.29) is 0 Å². The van der Waals surface area contributed by atoms with Crippen LogP contribution >= 0.6 is 19.9 Å². The van der Waals surface area contributed by atoms with Crippen molar-refractivity contribution in [1.82, 2.24) is 0 Å². The number of azo groups is 1. The van der Waals surface area contributed by atoms with Crippen LogP contribution in [0, 0.1) is 0 Å². The van der Waals surface area contributed by atoms with Gasteiger partial charge in [-0.25, -0.2) is 0 Å². The van der Waals surface area contributed by atoms with E-state index < -0.39 is 12.8 Å². The van der Waals surface area contributed by atoms with Crippen LogP contribution in [0.25, 0.3) is 0 Å². The van der Waals surface area contributed by atoms with Gasteiger partial charge in [-0.05, 0) is 0 Å². The van der Waals surface area contributed by atoms with Crippen molar-refractivity contribution in [2.45, 2.75) is 0 Å². The molecule has 3 nitrogen and oxygen atoms in total. The van der Waals surface area contributed by atoms with Gasteiger partial charge in [0.15, 0.2) is 0 Å². The van der Waals surface area contributed by atoms with E-state index in [2.05, 4.69) is 10.2 Å². The summed E-state index contributed by atoms with van der Waals surface area (Å²) in [5, 5.41) is 8.40. The van der Waals surface area contributed by atoms with E-state index in [9.17, 15) is 0 Å². The molecule has 20 heavy (non-hydrogen) atoms. The number of halogens is 2. The molecule has 0 fully saturated rings. The molecule has 0 heterocycles. The van der Waals surface area contributed by atoms with E-state index in [0.717, 1.165) is 21.4 Å². The monoisotopic (exact) mass is 369 g/mol. The minimum absolute atomic E-state index is 0.787. The maximum atomic E-state index is 5.92. The van der Waals surface area contributed by atoms with Gasteiger partial charge >= 0.3 is 132 Å². The van der Waals surface area contributed by atoms with E-state index in [1.807, 2.05) is 67.5 Å². The fourth-order valence-corrected chi connectivity index (χ4v) is 3.52. The molecule has 104 valence electrons. The summed E-state index contributed by atoms with van der Waals surface area (Å²) in [4.78, 5) is 2.04. The van der Waals surface area contributed by atoms with E-state index >= 15 is 0 Å². The quantitative estimate of drug-likeness (QED) is 0.581. The summed E-state index contributed by atoms with van der Waals surface area (Å²) in [6.45, 7) is 0. The second kappa shape index (κ2) is 7.12. The summed E-state index contributed by atoms with van der Waals surface area (Å²) >= 11 is -1.84. The van der Waals surface area contributed by atoms with Gasteiger partial charge in [0.25, 0.3) is 0 Å². The average molecular weight is 370 g/mol. The van der Waals surface area contributed by atoms with Gasteiger partial charge in [0.1, 0.15) is 0 Å². The maximum absolute atomic E-state index is 5.92. The van der Waals surface area contributed by atoms with Crippen LogP contribution in [-0.2, 0) is 0 Å². The van der Waals surface area contributed by atoms with Crippen LogP contribution in [0.4, 0.5) is 17.1 Å². The number of anilines is 1. The van der Waals surface area contributed by atoms with Crippen LogP contribution in [0.5, 0.6) is 0 Å². The van der Waals surface area contributed by atoms with Crippen molar-refractivity contribution in [2.24, 2.45) is 10.2 Å². The average Bonchev–Trinajstić information content (AvgIpc) is 2.46. The minimum atomic E-state index is -1.84.